The number of carboxylic acid groups (broad SMARTS) is 1. The maximum atomic E-state index is 11.2. The molecule has 1 rings (SSSR count). The molecule has 23 heavy (non-hydrogen) atoms. The Morgan fingerprint density at radius 1 is 1.35 bits per heavy atom. The molecule has 0 bridgehead atoms. The Morgan fingerprint density at radius 2 is 2.00 bits per heavy atom. The van der Waals surface area contributed by atoms with Gasteiger partial charge in [0.1, 0.15) is 6.54 Å². The van der Waals surface area contributed by atoms with Crippen LogP contribution in [0.4, 0.5) is 0 Å². The zero-order chi connectivity index (χ0) is 17.2. The van der Waals surface area contributed by atoms with Gasteiger partial charge in [-0.05, 0) is 24.0 Å². The monoisotopic (exact) mass is 336 g/mol. The van der Waals surface area contributed by atoms with Crippen LogP contribution in [0.25, 0.3) is 0 Å². The molecule has 0 radical (unpaired) electrons. The third-order valence-corrected chi connectivity index (χ3v) is 3.83. The quantitative estimate of drug-likeness (QED) is 0.392. The number of hydrogen-bond donors (Lipinski definition) is 2. The Morgan fingerprint density at radius 3 is 2.52 bits per heavy atom. The van der Waals surface area contributed by atoms with Gasteiger partial charge >= 0.3 is 5.97 Å². The number of hydrogen-bond acceptors (Lipinski definition) is 4. The van der Waals surface area contributed by atoms with E-state index in [1.54, 1.807) is 13.1 Å². The first-order valence-electron chi connectivity index (χ1n) is 7.74. The number of aliphatic carboxylic acids is 1. The molecule has 0 aliphatic carbocycles. The number of hydrazone groups is 1. The number of nitrogens with zero attached hydrogens (tertiary/aromatic N) is 2. The van der Waals surface area contributed by atoms with Gasteiger partial charge in [-0.3, -0.25) is 14.6 Å². The minimum atomic E-state index is -0.990. The summed E-state index contributed by atoms with van der Waals surface area (Å²) >= 11 is 3.77. The van der Waals surface area contributed by atoms with Crippen molar-refractivity contribution in [1.82, 2.24) is 5.01 Å². The summed E-state index contributed by atoms with van der Waals surface area (Å²) in [6, 6.07) is 8.03. The van der Waals surface area contributed by atoms with Gasteiger partial charge in [-0.25, -0.2) is 0 Å². The van der Waals surface area contributed by atoms with Crippen LogP contribution in [-0.4, -0.2) is 40.5 Å². The largest absolute Gasteiger partial charge is 0.480 e. The van der Waals surface area contributed by atoms with E-state index in [9.17, 15) is 9.59 Å². The summed E-state index contributed by atoms with van der Waals surface area (Å²) in [6.45, 7) is 3.83. The van der Waals surface area contributed by atoms with E-state index in [-0.39, 0.29) is 24.1 Å². The summed E-state index contributed by atoms with van der Waals surface area (Å²) in [6.07, 6.45) is 4.99. The second kappa shape index (κ2) is 10.0. The van der Waals surface area contributed by atoms with Crippen LogP contribution >= 0.6 is 12.6 Å². The van der Waals surface area contributed by atoms with E-state index in [0.717, 1.165) is 24.8 Å². The number of carbonyl (C=O) groups is 2. The highest BCUT2D eigenvalue weighted by Crippen LogP contribution is 2.08. The number of aryl methyl sites for hydroxylation is 1. The maximum Gasteiger partial charge on any atom is 0.324 e. The van der Waals surface area contributed by atoms with Crippen LogP contribution in [0, 0.1) is 5.92 Å². The molecule has 1 atom stereocenters. The van der Waals surface area contributed by atoms with Crippen LogP contribution in [0.2, 0.25) is 0 Å². The molecule has 6 heteroatoms. The normalized spacial score (nSPS) is 12.3. The Hall–Kier alpha value is -1.82. The topological polar surface area (TPSA) is 70.0 Å². The predicted molar refractivity (Wildman–Crippen MR) is 95.0 cm³/mol. The Labute approximate surface area is 142 Å². The van der Waals surface area contributed by atoms with Crippen molar-refractivity contribution < 1.29 is 14.7 Å². The van der Waals surface area contributed by atoms with Gasteiger partial charge in [0.2, 0.25) is 0 Å². The minimum Gasteiger partial charge on any atom is -0.480 e. The summed E-state index contributed by atoms with van der Waals surface area (Å²) in [5.41, 5.74) is 2.17. The van der Waals surface area contributed by atoms with E-state index in [4.69, 9.17) is 5.11 Å². The number of carbonyl (C=O) groups excluding carboxylic acids is 1. The number of rotatable bonds is 10. The first kappa shape index (κ1) is 19.2. The van der Waals surface area contributed by atoms with Gasteiger partial charge in [-0.2, -0.15) is 5.10 Å². The SMILES string of the molecule is CCCCc1ccc(C=NN(CC(=O)O)CC(C)C(=O)S)cc1. The highest BCUT2D eigenvalue weighted by Gasteiger charge is 2.15. The zero-order valence-electron chi connectivity index (χ0n) is 13.6. The lowest BCUT2D eigenvalue weighted by atomic mass is 10.1. The van der Waals surface area contributed by atoms with Crippen LogP contribution in [-0.2, 0) is 16.0 Å². The van der Waals surface area contributed by atoms with E-state index >= 15 is 0 Å². The number of benzene rings is 1. The molecule has 1 aromatic rings. The lowest BCUT2D eigenvalue weighted by Gasteiger charge is -2.19. The van der Waals surface area contributed by atoms with E-state index in [2.05, 4.69) is 36.8 Å². The van der Waals surface area contributed by atoms with Crippen LogP contribution in [0.5, 0.6) is 0 Å². The molecule has 0 heterocycles. The molecule has 0 fully saturated rings. The van der Waals surface area contributed by atoms with Crippen molar-refractivity contribution in [2.24, 2.45) is 11.0 Å². The highest BCUT2D eigenvalue weighted by molar-refractivity contribution is 7.96. The molecule has 1 aromatic carbocycles. The lowest BCUT2D eigenvalue weighted by Crippen LogP contribution is -2.31. The molecule has 0 saturated carbocycles. The van der Waals surface area contributed by atoms with E-state index in [1.165, 1.54) is 10.6 Å². The Kier molecular flexibility index (Phi) is 8.40. The summed E-state index contributed by atoms with van der Waals surface area (Å²) in [5, 5.41) is 14.2. The van der Waals surface area contributed by atoms with Crippen molar-refractivity contribution in [3.8, 4) is 0 Å². The second-order valence-corrected chi connectivity index (χ2v) is 6.01. The molecule has 0 amide bonds. The summed E-state index contributed by atoms with van der Waals surface area (Å²) in [7, 11) is 0. The smallest absolute Gasteiger partial charge is 0.324 e. The van der Waals surface area contributed by atoms with Gasteiger partial charge in [0.05, 0.1) is 6.21 Å². The van der Waals surface area contributed by atoms with Crippen molar-refractivity contribution in [2.45, 2.75) is 33.1 Å². The van der Waals surface area contributed by atoms with Crippen molar-refractivity contribution >= 4 is 29.9 Å². The molecule has 0 aliphatic rings. The molecule has 0 saturated heterocycles. The van der Waals surface area contributed by atoms with Crippen molar-refractivity contribution in [3.05, 3.63) is 35.4 Å². The van der Waals surface area contributed by atoms with Gasteiger partial charge in [-0.1, -0.05) is 44.5 Å². The minimum absolute atomic E-state index is 0.222. The molecule has 0 spiro atoms. The Bertz CT molecular complexity index is 543. The fourth-order valence-corrected chi connectivity index (χ4v) is 2.08. The highest BCUT2D eigenvalue weighted by atomic mass is 32.1. The zero-order valence-corrected chi connectivity index (χ0v) is 14.5. The molecule has 1 N–H and O–H groups in total. The van der Waals surface area contributed by atoms with Crippen molar-refractivity contribution in [1.29, 1.82) is 0 Å². The first-order chi connectivity index (χ1) is 10.9. The van der Waals surface area contributed by atoms with Gasteiger partial charge in [0.15, 0.2) is 5.12 Å². The van der Waals surface area contributed by atoms with Gasteiger partial charge in [0, 0.05) is 12.5 Å². The number of thiol groups is 1. The predicted octanol–water partition coefficient (Wildman–Crippen LogP) is 2.84. The van der Waals surface area contributed by atoms with Crippen LogP contribution in [0.15, 0.2) is 29.4 Å². The first-order valence-corrected chi connectivity index (χ1v) is 8.19. The van der Waals surface area contributed by atoms with Crippen LogP contribution in [0.3, 0.4) is 0 Å². The molecular weight excluding hydrogens is 312 g/mol. The third kappa shape index (κ3) is 7.83. The van der Waals surface area contributed by atoms with E-state index in [1.807, 2.05) is 12.1 Å². The van der Waals surface area contributed by atoms with Crippen molar-refractivity contribution in [2.75, 3.05) is 13.1 Å². The molecule has 0 aromatic heterocycles. The lowest BCUT2D eigenvalue weighted by molar-refractivity contribution is -0.138. The molecule has 5 nitrogen and oxygen atoms in total. The summed E-state index contributed by atoms with van der Waals surface area (Å²) in [5.74, 6) is -1.37. The fraction of sp³-hybridized carbons (Fsp3) is 0.471. The van der Waals surface area contributed by atoms with Gasteiger partial charge in [0.25, 0.3) is 0 Å². The Balaban J connectivity index is 2.71. The molecule has 1 unspecified atom stereocenters. The molecule has 0 aliphatic heterocycles. The third-order valence-electron chi connectivity index (χ3n) is 3.39. The molecular formula is C17H24N2O3S. The standard InChI is InChI=1S/C17H24N2O3S/c1-3-4-5-14-6-8-15(9-7-14)10-18-19(12-16(20)21)11-13(2)17(22)23/h6-10,13H,3-5,11-12H2,1-2H3,(H,20,21)(H,22,23). The van der Waals surface area contributed by atoms with Crippen molar-refractivity contribution in [3.63, 3.8) is 0 Å². The fourth-order valence-electron chi connectivity index (χ4n) is 2.00. The van der Waals surface area contributed by atoms with Gasteiger partial charge in [-0.15, -0.1) is 12.6 Å². The average Bonchev–Trinajstić information content (AvgIpc) is 2.50. The number of carboxylic acids is 1. The summed E-state index contributed by atoms with van der Waals surface area (Å²) in [4.78, 5) is 22.1. The van der Waals surface area contributed by atoms with E-state index in [0.29, 0.717) is 0 Å². The van der Waals surface area contributed by atoms with Crippen LogP contribution in [0.1, 0.15) is 37.8 Å². The van der Waals surface area contributed by atoms with Gasteiger partial charge < -0.3 is 5.11 Å². The molecule has 126 valence electrons. The number of unbranched alkanes of at least 4 members (excludes halogenated alkanes) is 1. The maximum absolute atomic E-state index is 11.2. The van der Waals surface area contributed by atoms with Crippen LogP contribution < -0.4 is 0 Å². The summed E-state index contributed by atoms with van der Waals surface area (Å²) < 4.78 is 0. The average molecular weight is 336 g/mol. The second-order valence-electron chi connectivity index (χ2n) is 5.57. The van der Waals surface area contributed by atoms with E-state index < -0.39 is 5.97 Å².